The maximum absolute atomic E-state index is 11.8. The van der Waals surface area contributed by atoms with Crippen molar-refractivity contribution in [1.29, 1.82) is 0 Å². The van der Waals surface area contributed by atoms with Gasteiger partial charge in [-0.3, -0.25) is 0 Å². The van der Waals surface area contributed by atoms with Gasteiger partial charge in [-0.15, -0.1) is 0 Å². The Bertz CT molecular complexity index is 567. The second-order valence-corrected chi connectivity index (χ2v) is 4.93. The first-order valence-corrected chi connectivity index (χ1v) is 7.59. The average molecular weight is 298 g/mol. The van der Waals surface area contributed by atoms with Crippen LogP contribution >= 0.6 is 0 Å². The average Bonchev–Trinajstić information content (AvgIpc) is 2.55. The first kappa shape index (κ1) is 15.9. The predicted octanol–water partition coefficient (Wildman–Crippen LogP) is 3.84. The van der Waals surface area contributed by atoms with E-state index < -0.39 is 0 Å². The number of carbonyl (C=O) groups is 1. The molecule has 0 fully saturated rings. The summed E-state index contributed by atoms with van der Waals surface area (Å²) in [6, 6.07) is 17.4. The molecule has 0 aromatic heterocycles. The SMILES string of the molecule is CCOc1ccc(NC(=O)NCCCc2ccccc2)cc1. The molecule has 2 aromatic rings. The molecule has 0 aliphatic rings. The minimum Gasteiger partial charge on any atom is -0.494 e. The topological polar surface area (TPSA) is 50.4 Å². The molecule has 0 radical (unpaired) electrons. The zero-order valence-electron chi connectivity index (χ0n) is 12.8. The lowest BCUT2D eigenvalue weighted by Gasteiger charge is -2.08. The van der Waals surface area contributed by atoms with Crippen LogP contribution in [0.1, 0.15) is 18.9 Å². The van der Waals surface area contributed by atoms with Gasteiger partial charge in [0, 0.05) is 12.2 Å². The van der Waals surface area contributed by atoms with Gasteiger partial charge in [0.1, 0.15) is 5.75 Å². The van der Waals surface area contributed by atoms with Crippen LogP contribution in [0.5, 0.6) is 5.75 Å². The molecule has 0 saturated carbocycles. The highest BCUT2D eigenvalue weighted by molar-refractivity contribution is 5.89. The van der Waals surface area contributed by atoms with Crippen molar-refractivity contribution < 1.29 is 9.53 Å². The minimum atomic E-state index is -0.183. The Morgan fingerprint density at radius 2 is 1.77 bits per heavy atom. The molecular weight excluding hydrogens is 276 g/mol. The van der Waals surface area contributed by atoms with E-state index in [1.54, 1.807) is 0 Å². The van der Waals surface area contributed by atoms with Gasteiger partial charge in [0.15, 0.2) is 0 Å². The molecule has 4 heteroatoms. The van der Waals surface area contributed by atoms with Crippen LogP contribution in [0.2, 0.25) is 0 Å². The van der Waals surface area contributed by atoms with Crippen molar-refractivity contribution in [1.82, 2.24) is 5.32 Å². The van der Waals surface area contributed by atoms with Gasteiger partial charge in [0.05, 0.1) is 6.61 Å². The quantitative estimate of drug-likeness (QED) is 0.763. The van der Waals surface area contributed by atoms with Crippen LogP contribution in [0.4, 0.5) is 10.5 Å². The van der Waals surface area contributed by atoms with Crippen molar-refractivity contribution in [2.75, 3.05) is 18.5 Å². The number of hydrogen-bond donors (Lipinski definition) is 2. The Kier molecular flexibility index (Phi) is 6.30. The van der Waals surface area contributed by atoms with E-state index in [0.717, 1.165) is 24.3 Å². The summed E-state index contributed by atoms with van der Waals surface area (Å²) >= 11 is 0. The van der Waals surface area contributed by atoms with E-state index in [4.69, 9.17) is 4.74 Å². The van der Waals surface area contributed by atoms with Gasteiger partial charge in [-0.05, 0) is 49.6 Å². The molecule has 0 saturated heterocycles. The van der Waals surface area contributed by atoms with E-state index in [9.17, 15) is 4.79 Å². The fourth-order valence-corrected chi connectivity index (χ4v) is 2.12. The molecule has 2 N–H and O–H groups in total. The van der Waals surface area contributed by atoms with Crippen LogP contribution in [0.3, 0.4) is 0 Å². The highest BCUT2D eigenvalue weighted by Gasteiger charge is 2.01. The van der Waals surface area contributed by atoms with Gasteiger partial charge in [-0.1, -0.05) is 30.3 Å². The largest absolute Gasteiger partial charge is 0.494 e. The fourth-order valence-electron chi connectivity index (χ4n) is 2.12. The van der Waals surface area contributed by atoms with Crippen LogP contribution in [0.25, 0.3) is 0 Å². The standard InChI is InChI=1S/C18H22N2O2/c1-2-22-17-12-10-16(11-13-17)20-18(21)19-14-6-9-15-7-4-3-5-8-15/h3-5,7-8,10-13H,2,6,9,14H2,1H3,(H2,19,20,21). The Labute approximate surface area is 131 Å². The maximum atomic E-state index is 11.8. The molecule has 2 amide bonds. The van der Waals surface area contributed by atoms with E-state index in [1.165, 1.54) is 5.56 Å². The number of benzene rings is 2. The third-order valence-electron chi connectivity index (χ3n) is 3.19. The Balaban J connectivity index is 1.67. The number of aryl methyl sites for hydroxylation is 1. The molecule has 0 unspecified atom stereocenters. The Morgan fingerprint density at radius 1 is 1.05 bits per heavy atom. The third-order valence-corrected chi connectivity index (χ3v) is 3.19. The summed E-state index contributed by atoms with van der Waals surface area (Å²) < 4.78 is 5.36. The molecule has 2 aromatic carbocycles. The molecule has 0 atom stereocenters. The molecule has 0 aliphatic heterocycles. The summed E-state index contributed by atoms with van der Waals surface area (Å²) in [5, 5.41) is 5.66. The summed E-state index contributed by atoms with van der Waals surface area (Å²) in [4.78, 5) is 11.8. The summed E-state index contributed by atoms with van der Waals surface area (Å²) in [5.74, 6) is 0.802. The van der Waals surface area contributed by atoms with Crippen molar-refractivity contribution in [3.63, 3.8) is 0 Å². The maximum Gasteiger partial charge on any atom is 0.319 e. The molecule has 116 valence electrons. The van der Waals surface area contributed by atoms with Crippen LogP contribution in [-0.4, -0.2) is 19.2 Å². The highest BCUT2D eigenvalue weighted by atomic mass is 16.5. The van der Waals surface area contributed by atoms with Crippen molar-refractivity contribution in [2.24, 2.45) is 0 Å². The van der Waals surface area contributed by atoms with Crippen molar-refractivity contribution in [3.8, 4) is 5.75 Å². The molecule has 0 spiro atoms. The predicted molar refractivity (Wildman–Crippen MR) is 89.4 cm³/mol. The summed E-state index contributed by atoms with van der Waals surface area (Å²) in [6.45, 7) is 3.22. The van der Waals surface area contributed by atoms with E-state index in [-0.39, 0.29) is 6.03 Å². The Morgan fingerprint density at radius 3 is 2.45 bits per heavy atom. The second kappa shape index (κ2) is 8.72. The minimum absolute atomic E-state index is 0.183. The van der Waals surface area contributed by atoms with Gasteiger partial charge >= 0.3 is 6.03 Å². The second-order valence-electron chi connectivity index (χ2n) is 4.93. The van der Waals surface area contributed by atoms with Crippen LogP contribution in [-0.2, 0) is 6.42 Å². The lowest BCUT2D eigenvalue weighted by molar-refractivity contribution is 0.252. The molecule has 4 nitrogen and oxygen atoms in total. The fraction of sp³-hybridized carbons (Fsp3) is 0.278. The number of ether oxygens (including phenoxy) is 1. The van der Waals surface area contributed by atoms with Gasteiger partial charge in [0.25, 0.3) is 0 Å². The summed E-state index contributed by atoms with van der Waals surface area (Å²) in [6.07, 6.45) is 1.88. The summed E-state index contributed by atoms with van der Waals surface area (Å²) in [7, 11) is 0. The molecule has 0 heterocycles. The number of nitrogens with one attached hydrogen (secondary N) is 2. The number of rotatable bonds is 7. The molecule has 22 heavy (non-hydrogen) atoms. The zero-order valence-corrected chi connectivity index (χ0v) is 12.8. The van der Waals surface area contributed by atoms with Crippen molar-refractivity contribution in [3.05, 3.63) is 60.2 Å². The molecule has 0 bridgehead atoms. The van der Waals surface area contributed by atoms with Crippen molar-refractivity contribution >= 4 is 11.7 Å². The van der Waals surface area contributed by atoms with Crippen LogP contribution in [0, 0.1) is 0 Å². The molecular formula is C18H22N2O2. The Hall–Kier alpha value is -2.49. The lowest BCUT2D eigenvalue weighted by atomic mass is 10.1. The first-order chi connectivity index (χ1) is 10.8. The first-order valence-electron chi connectivity index (χ1n) is 7.59. The number of amides is 2. The lowest BCUT2D eigenvalue weighted by Crippen LogP contribution is -2.29. The number of anilines is 1. The number of hydrogen-bond acceptors (Lipinski definition) is 2. The van der Waals surface area contributed by atoms with Gasteiger partial charge in [-0.2, -0.15) is 0 Å². The molecule has 0 aliphatic carbocycles. The molecule has 2 rings (SSSR count). The monoisotopic (exact) mass is 298 g/mol. The number of urea groups is 1. The van der Waals surface area contributed by atoms with E-state index >= 15 is 0 Å². The smallest absolute Gasteiger partial charge is 0.319 e. The van der Waals surface area contributed by atoms with Gasteiger partial charge in [-0.25, -0.2) is 4.79 Å². The zero-order chi connectivity index (χ0) is 15.6. The normalized spacial score (nSPS) is 10.0. The number of carbonyl (C=O) groups excluding carboxylic acids is 1. The van der Waals surface area contributed by atoms with Gasteiger partial charge < -0.3 is 15.4 Å². The third kappa shape index (κ3) is 5.48. The van der Waals surface area contributed by atoms with E-state index in [0.29, 0.717) is 13.2 Å². The van der Waals surface area contributed by atoms with Crippen molar-refractivity contribution in [2.45, 2.75) is 19.8 Å². The summed E-state index contributed by atoms with van der Waals surface area (Å²) in [5.41, 5.74) is 2.04. The van der Waals surface area contributed by atoms with Gasteiger partial charge in [0.2, 0.25) is 0 Å². The highest BCUT2D eigenvalue weighted by Crippen LogP contribution is 2.15. The van der Waals surface area contributed by atoms with E-state index in [1.807, 2.05) is 49.4 Å². The van der Waals surface area contributed by atoms with E-state index in [2.05, 4.69) is 22.8 Å². The van der Waals surface area contributed by atoms with Crippen LogP contribution < -0.4 is 15.4 Å². The van der Waals surface area contributed by atoms with Crippen LogP contribution in [0.15, 0.2) is 54.6 Å².